The van der Waals surface area contributed by atoms with Gasteiger partial charge in [-0.2, -0.15) is 0 Å². The minimum atomic E-state index is -0.319. The Balaban J connectivity index is 1.27. The van der Waals surface area contributed by atoms with Crippen molar-refractivity contribution in [2.24, 2.45) is 0 Å². The Morgan fingerprint density at radius 2 is 1.94 bits per heavy atom. The summed E-state index contributed by atoms with van der Waals surface area (Å²) in [5.41, 5.74) is 1.52. The Kier molecular flexibility index (Phi) is 6.93. The molecular weight excluding hydrogens is 434 g/mol. The van der Waals surface area contributed by atoms with Crippen LogP contribution in [0.25, 0.3) is 0 Å². The number of anilines is 2. The zero-order valence-electron chi connectivity index (χ0n) is 19.6. The minimum Gasteiger partial charge on any atom is -0.487 e. The number of nitrogens with one attached hydrogen (secondary N) is 3. The van der Waals surface area contributed by atoms with Gasteiger partial charge in [-0.25, -0.2) is 4.98 Å². The summed E-state index contributed by atoms with van der Waals surface area (Å²) in [7, 11) is 0. The van der Waals surface area contributed by atoms with Crippen LogP contribution in [-0.2, 0) is 16.6 Å². The third-order valence-electron chi connectivity index (χ3n) is 5.38. The predicted octanol–water partition coefficient (Wildman–Crippen LogP) is 3.54. The van der Waals surface area contributed by atoms with Crippen LogP contribution < -0.4 is 20.7 Å². The Morgan fingerprint density at radius 3 is 2.56 bits per heavy atom. The van der Waals surface area contributed by atoms with Crippen molar-refractivity contribution in [1.82, 2.24) is 15.5 Å². The van der Waals surface area contributed by atoms with Crippen molar-refractivity contribution >= 4 is 23.3 Å². The highest BCUT2D eigenvalue weighted by Crippen LogP contribution is 2.24. The fraction of sp³-hybridized carbons (Fsp3) is 0.360. The summed E-state index contributed by atoms with van der Waals surface area (Å²) in [6, 6.07) is 12.2. The number of rotatable bonds is 7. The zero-order valence-corrected chi connectivity index (χ0v) is 19.6. The van der Waals surface area contributed by atoms with E-state index in [1.54, 1.807) is 48.7 Å². The molecule has 0 unspecified atom stereocenters. The molecule has 0 bridgehead atoms. The Labute approximate surface area is 198 Å². The topological polar surface area (TPSA) is 118 Å². The van der Waals surface area contributed by atoms with Crippen LogP contribution in [0.15, 0.2) is 53.2 Å². The molecule has 3 N–H and O–H groups in total. The van der Waals surface area contributed by atoms with Crippen molar-refractivity contribution in [2.75, 3.05) is 23.7 Å². The first-order valence-corrected chi connectivity index (χ1v) is 11.3. The van der Waals surface area contributed by atoms with Gasteiger partial charge in [-0.15, -0.1) is 0 Å². The molecule has 3 aromatic rings. The molecule has 1 aromatic carbocycles. The van der Waals surface area contributed by atoms with Crippen LogP contribution in [-0.4, -0.2) is 41.1 Å². The van der Waals surface area contributed by atoms with Gasteiger partial charge in [0.1, 0.15) is 23.3 Å². The predicted molar refractivity (Wildman–Crippen MR) is 128 cm³/mol. The molecule has 1 aliphatic rings. The van der Waals surface area contributed by atoms with Crippen LogP contribution >= 0.6 is 0 Å². The first kappa shape index (κ1) is 23.4. The average Bonchev–Trinajstić information content (AvgIpc) is 3.48. The lowest BCUT2D eigenvalue weighted by Gasteiger charge is -2.12. The number of pyridine rings is 1. The quantitative estimate of drug-likeness (QED) is 0.490. The van der Waals surface area contributed by atoms with Crippen molar-refractivity contribution in [3.8, 4) is 5.75 Å². The van der Waals surface area contributed by atoms with Crippen LogP contribution in [0, 0.1) is 0 Å². The Bertz CT molecular complexity index is 1130. The molecule has 0 saturated carbocycles. The smallest absolute Gasteiger partial charge is 0.274 e. The van der Waals surface area contributed by atoms with Gasteiger partial charge in [-0.05, 0) is 42.8 Å². The fourth-order valence-electron chi connectivity index (χ4n) is 3.47. The van der Waals surface area contributed by atoms with Gasteiger partial charge >= 0.3 is 0 Å². The van der Waals surface area contributed by atoms with Crippen molar-refractivity contribution in [2.45, 2.75) is 45.1 Å². The third kappa shape index (κ3) is 6.20. The maximum atomic E-state index is 12.5. The van der Waals surface area contributed by atoms with Gasteiger partial charge < -0.3 is 25.2 Å². The molecule has 0 spiro atoms. The number of amides is 2. The van der Waals surface area contributed by atoms with Gasteiger partial charge in [-0.3, -0.25) is 9.59 Å². The van der Waals surface area contributed by atoms with Crippen LogP contribution in [0.2, 0.25) is 0 Å². The molecule has 0 aliphatic carbocycles. The fourth-order valence-corrected chi connectivity index (χ4v) is 3.47. The summed E-state index contributed by atoms with van der Waals surface area (Å²) in [5.74, 6) is 1.21. The average molecular weight is 464 g/mol. The molecule has 4 rings (SSSR count). The zero-order chi connectivity index (χ0) is 24.1. The molecule has 1 saturated heterocycles. The van der Waals surface area contributed by atoms with Gasteiger partial charge in [0.2, 0.25) is 5.91 Å². The molecule has 9 heteroatoms. The van der Waals surface area contributed by atoms with Crippen LogP contribution in [0.5, 0.6) is 5.75 Å². The van der Waals surface area contributed by atoms with E-state index in [4.69, 9.17) is 9.26 Å². The molecule has 1 atom stereocenters. The molecule has 1 aliphatic heterocycles. The maximum absolute atomic E-state index is 12.5. The lowest BCUT2D eigenvalue weighted by atomic mass is 9.93. The highest BCUT2D eigenvalue weighted by molar-refractivity contribution is 6.02. The van der Waals surface area contributed by atoms with Crippen molar-refractivity contribution in [3.63, 3.8) is 0 Å². The van der Waals surface area contributed by atoms with E-state index in [-0.39, 0.29) is 29.8 Å². The lowest BCUT2D eigenvalue weighted by Crippen LogP contribution is -2.20. The van der Waals surface area contributed by atoms with E-state index in [1.165, 1.54) is 0 Å². The van der Waals surface area contributed by atoms with Crippen LogP contribution in [0.3, 0.4) is 0 Å². The minimum absolute atomic E-state index is 0.138. The summed E-state index contributed by atoms with van der Waals surface area (Å²) in [6.07, 6.45) is 2.83. The highest BCUT2D eigenvalue weighted by atomic mass is 16.5. The van der Waals surface area contributed by atoms with Crippen molar-refractivity contribution in [1.29, 1.82) is 0 Å². The lowest BCUT2D eigenvalue weighted by molar-refractivity contribution is -0.115. The second kappa shape index (κ2) is 10.0. The van der Waals surface area contributed by atoms with Gasteiger partial charge in [0.05, 0.1) is 12.6 Å². The number of carbonyl (C=O) groups excluding carboxylic acids is 2. The standard InChI is InChI=1S/C25H29N5O4/c1-25(2,3)21-13-22(30-34-21)29-23(31)12-16-4-6-17(7-5-16)28-24(32)20-9-8-18(15-27-20)33-19-10-11-26-14-19/h4-9,13,15,19,26H,10-12,14H2,1-3H3,(H,28,32)(H,29,30,31)/t19-/m0/s1. The van der Waals surface area contributed by atoms with Gasteiger partial charge in [0, 0.05) is 23.7 Å². The molecule has 3 heterocycles. The maximum Gasteiger partial charge on any atom is 0.274 e. The highest BCUT2D eigenvalue weighted by Gasteiger charge is 2.20. The van der Waals surface area contributed by atoms with Crippen LogP contribution in [0.4, 0.5) is 11.5 Å². The van der Waals surface area contributed by atoms with E-state index in [9.17, 15) is 9.59 Å². The number of aromatic nitrogens is 2. The molecule has 9 nitrogen and oxygen atoms in total. The van der Waals surface area contributed by atoms with E-state index in [0.717, 1.165) is 25.1 Å². The number of carbonyl (C=O) groups is 2. The van der Waals surface area contributed by atoms with E-state index in [2.05, 4.69) is 26.1 Å². The molecule has 1 fully saturated rings. The van der Waals surface area contributed by atoms with E-state index in [1.807, 2.05) is 20.8 Å². The number of ether oxygens (including phenoxy) is 1. The number of nitrogens with zero attached hydrogens (tertiary/aromatic N) is 2. The van der Waals surface area contributed by atoms with Gasteiger partial charge in [-0.1, -0.05) is 38.1 Å². The molecule has 2 amide bonds. The van der Waals surface area contributed by atoms with E-state index < -0.39 is 0 Å². The summed E-state index contributed by atoms with van der Waals surface area (Å²) in [6.45, 7) is 7.79. The Hall–Kier alpha value is -3.72. The summed E-state index contributed by atoms with van der Waals surface area (Å²) in [5, 5.41) is 12.7. The first-order chi connectivity index (χ1) is 16.3. The van der Waals surface area contributed by atoms with Gasteiger partial charge in [0.15, 0.2) is 5.82 Å². The van der Waals surface area contributed by atoms with Crippen molar-refractivity contribution < 1.29 is 18.8 Å². The largest absolute Gasteiger partial charge is 0.487 e. The normalized spacial score (nSPS) is 15.7. The SMILES string of the molecule is CC(C)(C)c1cc(NC(=O)Cc2ccc(NC(=O)c3ccc(O[C@H]4CCNC4)cn3)cc2)no1. The molecule has 34 heavy (non-hydrogen) atoms. The second-order valence-electron chi connectivity index (χ2n) is 9.31. The molecular formula is C25H29N5O4. The number of hydrogen-bond acceptors (Lipinski definition) is 7. The van der Waals surface area contributed by atoms with Gasteiger partial charge in [0.25, 0.3) is 5.91 Å². The summed E-state index contributed by atoms with van der Waals surface area (Å²) >= 11 is 0. The number of hydrogen-bond donors (Lipinski definition) is 3. The number of benzene rings is 1. The first-order valence-electron chi connectivity index (χ1n) is 11.3. The molecule has 0 radical (unpaired) electrons. The monoisotopic (exact) mass is 463 g/mol. The van der Waals surface area contributed by atoms with E-state index in [0.29, 0.717) is 28.7 Å². The van der Waals surface area contributed by atoms with Crippen LogP contribution in [0.1, 0.15) is 49.0 Å². The summed E-state index contributed by atoms with van der Waals surface area (Å²) in [4.78, 5) is 29.1. The summed E-state index contributed by atoms with van der Waals surface area (Å²) < 4.78 is 11.1. The molecule has 2 aromatic heterocycles. The second-order valence-corrected chi connectivity index (χ2v) is 9.31. The van der Waals surface area contributed by atoms with E-state index >= 15 is 0 Å². The third-order valence-corrected chi connectivity index (χ3v) is 5.38. The molecule has 178 valence electrons. The van der Waals surface area contributed by atoms with Crippen molar-refractivity contribution in [3.05, 3.63) is 65.7 Å². The Morgan fingerprint density at radius 1 is 1.15 bits per heavy atom.